The Labute approximate surface area is 163 Å². The summed E-state index contributed by atoms with van der Waals surface area (Å²) < 4.78 is 39.6. The maximum atomic E-state index is 12.6. The summed E-state index contributed by atoms with van der Waals surface area (Å²) >= 11 is 0. The van der Waals surface area contributed by atoms with Gasteiger partial charge in [0.05, 0.1) is 5.52 Å². The van der Waals surface area contributed by atoms with Crippen LogP contribution in [0.4, 0.5) is 13.2 Å². The molecule has 0 aliphatic heterocycles. The van der Waals surface area contributed by atoms with E-state index >= 15 is 0 Å². The van der Waals surface area contributed by atoms with Gasteiger partial charge in [-0.25, -0.2) is 4.98 Å². The molecule has 0 atom stereocenters. The second kappa shape index (κ2) is 7.74. The number of pyridine rings is 1. The zero-order valence-corrected chi connectivity index (χ0v) is 15.5. The van der Waals surface area contributed by atoms with Gasteiger partial charge in [-0.15, -0.1) is 0 Å². The molecule has 7 nitrogen and oxygen atoms in total. The lowest BCUT2D eigenvalue weighted by Gasteiger charge is -2.09. The first-order chi connectivity index (χ1) is 13.7. The van der Waals surface area contributed by atoms with Crippen molar-refractivity contribution in [1.29, 1.82) is 0 Å². The number of nitrogens with zero attached hydrogens (tertiary/aromatic N) is 4. The second-order valence-electron chi connectivity index (χ2n) is 6.15. The number of nitrogens with two attached hydrogens (primary N) is 1. The van der Waals surface area contributed by atoms with Gasteiger partial charge in [0.25, 0.3) is 5.91 Å². The van der Waals surface area contributed by atoms with E-state index in [9.17, 15) is 18.0 Å². The summed E-state index contributed by atoms with van der Waals surface area (Å²) in [4.78, 5) is 24.7. The molecule has 0 fully saturated rings. The fraction of sp³-hybridized carbons (Fsp3) is 0.158. The van der Waals surface area contributed by atoms with Crippen LogP contribution in [0.1, 0.15) is 10.4 Å². The van der Waals surface area contributed by atoms with Crippen LogP contribution in [0.25, 0.3) is 22.3 Å². The first kappa shape index (κ1) is 20.1. The van der Waals surface area contributed by atoms with E-state index < -0.39 is 17.8 Å². The van der Waals surface area contributed by atoms with Gasteiger partial charge in [-0.05, 0) is 18.2 Å². The number of fused-ring (bicyclic) bond motifs is 1. The number of carbonyl (C=O) groups is 1. The maximum absolute atomic E-state index is 12.6. The van der Waals surface area contributed by atoms with E-state index in [0.717, 1.165) is 16.8 Å². The number of aryl methyl sites for hydroxylation is 1. The molecule has 3 aromatic rings. The Hall–Kier alpha value is -3.69. The standard InChI is InChI=1S/C19H17F3N6O/c1-24-16(9-15(23)19(20,21)22)27-18(29)12-4-3-11-7-13(10-26-14(11)8-12)17-25-5-6-28(17)2/h3-10H,23H2,1-2H3,(H,24,27,29)/b15-9-. The summed E-state index contributed by atoms with van der Waals surface area (Å²) in [5.41, 5.74) is 5.19. The number of aliphatic imine (C=N–C) groups is 1. The fourth-order valence-electron chi connectivity index (χ4n) is 2.60. The third-order valence-corrected chi connectivity index (χ3v) is 4.13. The number of amidine groups is 1. The highest BCUT2D eigenvalue weighted by Crippen LogP contribution is 2.22. The van der Waals surface area contributed by atoms with Crippen molar-refractivity contribution in [2.24, 2.45) is 17.8 Å². The molecule has 0 bridgehead atoms. The number of benzene rings is 1. The normalized spacial score (nSPS) is 13.0. The predicted octanol–water partition coefficient (Wildman–Crippen LogP) is 2.80. The van der Waals surface area contributed by atoms with Crippen molar-refractivity contribution in [2.45, 2.75) is 6.18 Å². The Bertz CT molecular complexity index is 1130. The highest BCUT2D eigenvalue weighted by atomic mass is 19.4. The van der Waals surface area contributed by atoms with Crippen LogP contribution in [0.3, 0.4) is 0 Å². The summed E-state index contributed by atoms with van der Waals surface area (Å²) in [6, 6.07) is 6.67. The number of allylic oxidation sites excluding steroid dienone is 1. The molecule has 29 heavy (non-hydrogen) atoms. The zero-order chi connectivity index (χ0) is 21.2. The Morgan fingerprint density at radius 3 is 2.66 bits per heavy atom. The van der Waals surface area contributed by atoms with Crippen molar-refractivity contribution in [3.8, 4) is 11.4 Å². The van der Waals surface area contributed by atoms with Crippen molar-refractivity contribution < 1.29 is 18.0 Å². The summed E-state index contributed by atoms with van der Waals surface area (Å²) in [7, 11) is 3.11. The van der Waals surface area contributed by atoms with Crippen LogP contribution in [-0.4, -0.2) is 39.5 Å². The summed E-state index contributed by atoms with van der Waals surface area (Å²) in [5, 5.41) is 3.09. The van der Waals surface area contributed by atoms with E-state index in [4.69, 9.17) is 5.73 Å². The molecule has 0 aliphatic carbocycles. The number of nitrogens with one attached hydrogen (secondary N) is 1. The number of hydrogen-bond donors (Lipinski definition) is 2. The number of amides is 1. The average molecular weight is 402 g/mol. The molecule has 3 N–H and O–H groups in total. The minimum atomic E-state index is -4.71. The SMILES string of the molecule is CN=C(/C=C(\N)C(F)(F)F)NC(=O)c1ccc2cc(-c3nccn3C)cnc2c1. The molecule has 0 radical (unpaired) electrons. The van der Waals surface area contributed by atoms with E-state index in [-0.39, 0.29) is 11.4 Å². The summed E-state index contributed by atoms with van der Waals surface area (Å²) in [5.74, 6) is -0.184. The Morgan fingerprint density at radius 1 is 1.28 bits per heavy atom. The smallest absolute Gasteiger partial charge is 0.395 e. The number of rotatable bonds is 3. The van der Waals surface area contributed by atoms with Crippen molar-refractivity contribution in [3.63, 3.8) is 0 Å². The number of alkyl halides is 3. The minimum Gasteiger partial charge on any atom is -0.395 e. The molecule has 3 rings (SSSR count). The third-order valence-electron chi connectivity index (χ3n) is 4.13. The molecule has 1 amide bonds. The van der Waals surface area contributed by atoms with Gasteiger partial charge in [0, 0.05) is 55.3 Å². The molecule has 150 valence electrons. The number of carbonyl (C=O) groups excluding carboxylic acids is 1. The van der Waals surface area contributed by atoms with Crippen molar-refractivity contribution in [3.05, 3.63) is 60.2 Å². The number of imidazole rings is 1. The van der Waals surface area contributed by atoms with Crippen LogP contribution in [0, 0.1) is 0 Å². The van der Waals surface area contributed by atoms with E-state index in [1.165, 1.54) is 13.1 Å². The molecule has 2 aromatic heterocycles. The Kier molecular flexibility index (Phi) is 5.35. The first-order valence-electron chi connectivity index (χ1n) is 8.39. The maximum Gasteiger partial charge on any atom is 0.430 e. The number of halogens is 3. The van der Waals surface area contributed by atoms with Crippen LogP contribution in [0.15, 0.2) is 59.6 Å². The van der Waals surface area contributed by atoms with Gasteiger partial charge in [0.2, 0.25) is 0 Å². The van der Waals surface area contributed by atoms with Crippen molar-refractivity contribution in [2.75, 3.05) is 7.05 Å². The molecule has 10 heteroatoms. The highest BCUT2D eigenvalue weighted by molar-refractivity contribution is 6.11. The Balaban J connectivity index is 1.84. The molecule has 0 saturated heterocycles. The topological polar surface area (TPSA) is 98.2 Å². The lowest BCUT2D eigenvalue weighted by atomic mass is 10.1. The van der Waals surface area contributed by atoms with Crippen molar-refractivity contribution >= 4 is 22.6 Å². The summed E-state index contributed by atoms with van der Waals surface area (Å²) in [6.07, 6.45) is 0.993. The van der Waals surface area contributed by atoms with Crippen LogP contribution in [0.5, 0.6) is 0 Å². The van der Waals surface area contributed by atoms with Crippen LogP contribution in [0.2, 0.25) is 0 Å². The van der Waals surface area contributed by atoms with Gasteiger partial charge in [0.15, 0.2) is 0 Å². The van der Waals surface area contributed by atoms with Gasteiger partial charge in [-0.2, -0.15) is 13.2 Å². The molecule has 0 spiro atoms. The van der Waals surface area contributed by atoms with Gasteiger partial charge in [-0.3, -0.25) is 14.8 Å². The van der Waals surface area contributed by atoms with E-state index in [0.29, 0.717) is 11.6 Å². The Morgan fingerprint density at radius 2 is 2.03 bits per heavy atom. The molecule has 2 heterocycles. The predicted molar refractivity (Wildman–Crippen MR) is 103 cm³/mol. The second-order valence-corrected chi connectivity index (χ2v) is 6.15. The van der Waals surface area contributed by atoms with Gasteiger partial charge in [0.1, 0.15) is 17.4 Å². The minimum absolute atomic E-state index is 0.217. The molecule has 0 saturated carbocycles. The molecular weight excluding hydrogens is 385 g/mol. The number of hydrogen-bond acceptors (Lipinski definition) is 5. The van der Waals surface area contributed by atoms with Gasteiger partial charge < -0.3 is 15.6 Å². The lowest BCUT2D eigenvalue weighted by molar-refractivity contribution is -0.0925. The third kappa shape index (κ3) is 4.42. The van der Waals surface area contributed by atoms with Crippen LogP contribution >= 0.6 is 0 Å². The largest absolute Gasteiger partial charge is 0.430 e. The zero-order valence-electron chi connectivity index (χ0n) is 15.5. The van der Waals surface area contributed by atoms with Crippen LogP contribution < -0.4 is 11.1 Å². The van der Waals surface area contributed by atoms with E-state index in [1.54, 1.807) is 24.5 Å². The van der Waals surface area contributed by atoms with E-state index in [2.05, 4.69) is 20.3 Å². The molecular formula is C19H17F3N6O. The quantitative estimate of drug-likeness (QED) is 0.520. The number of aromatic nitrogens is 3. The van der Waals surface area contributed by atoms with Gasteiger partial charge >= 0.3 is 6.18 Å². The average Bonchev–Trinajstić information content (AvgIpc) is 3.11. The van der Waals surface area contributed by atoms with Crippen LogP contribution in [-0.2, 0) is 7.05 Å². The highest BCUT2D eigenvalue weighted by Gasteiger charge is 2.31. The van der Waals surface area contributed by atoms with E-state index in [1.807, 2.05) is 23.9 Å². The van der Waals surface area contributed by atoms with Gasteiger partial charge in [-0.1, -0.05) is 6.07 Å². The lowest BCUT2D eigenvalue weighted by Crippen LogP contribution is -2.31. The molecule has 1 aromatic carbocycles. The summed E-state index contributed by atoms with van der Waals surface area (Å²) in [6.45, 7) is 0. The van der Waals surface area contributed by atoms with Crippen molar-refractivity contribution in [1.82, 2.24) is 19.9 Å². The fourth-order valence-corrected chi connectivity index (χ4v) is 2.60. The first-order valence-corrected chi connectivity index (χ1v) is 8.39. The molecule has 0 aliphatic rings. The monoisotopic (exact) mass is 402 g/mol. The molecule has 0 unspecified atom stereocenters.